The van der Waals surface area contributed by atoms with Crippen molar-refractivity contribution in [2.24, 2.45) is 74.6 Å². The largest absolute Gasteiger partial charge is 0.389 e. The first kappa shape index (κ1) is 43.6. The van der Waals surface area contributed by atoms with Gasteiger partial charge in [-0.2, -0.15) is 0 Å². The Balaban J connectivity index is 0.000000290. The lowest BCUT2D eigenvalue weighted by Gasteiger charge is -2.65. The molecule has 4 saturated carbocycles. The second-order valence-electron chi connectivity index (χ2n) is 19.8. The van der Waals surface area contributed by atoms with Crippen LogP contribution in [0.5, 0.6) is 0 Å². The molecule has 0 heterocycles. The molecular formula is C47H89N3. The molecule has 5 N–H and O–H groups in total. The minimum atomic E-state index is 0.361. The highest BCUT2D eigenvalue weighted by molar-refractivity contribution is 5.27. The van der Waals surface area contributed by atoms with Crippen LogP contribution in [0.2, 0.25) is 0 Å². The zero-order valence-electron chi connectivity index (χ0n) is 35.7. The Morgan fingerprint density at radius 2 is 1.60 bits per heavy atom. The summed E-state index contributed by atoms with van der Waals surface area (Å²) >= 11 is 0. The van der Waals surface area contributed by atoms with Crippen molar-refractivity contribution in [2.75, 3.05) is 13.1 Å². The molecular weight excluding hydrogens is 607 g/mol. The molecule has 11 unspecified atom stereocenters. The van der Waals surface area contributed by atoms with Gasteiger partial charge in [-0.15, -0.1) is 0 Å². The van der Waals surface area contributed by atoms with E-state index in [1.165, 1.54) is 116 Å². The van der Waals surface area contributed by atoms with E-state index >= 15 is 0 Å². The van der Waals surface area contributed by atoms with Crippen LogP contribution in [0.15, 0.2) is 23.9 Å². The third kappa shape index (κ3) is 9.46. The average molecular weight is 696 g/mol. The van der Waals surface area contributed by atoms with Crippen LogP contribution in [0.3, 0.4) is 0 Å². The number of fused-ring (bicyclic) bond motifs is 5. The van der Waals surface area contributed by atoms with Gasteiger partial charge in [0, 0.05) is 18.3 Å². The predicted molar refractivity (Wildman–Crippen MR) is 222 cm³/mol. The van der Waals surface area contributed by atoms with Gasteiger partial charge in [0.1, 0.15) is 0 Å². The van der Waals surface area contributed by atoms with E-state index < -0.39 is 0 Å². The smallest absolute Gasteiger partial charge is 0.0143 e. The normalized spacial score (nSPS) is 39.5. The SMILES string of the molecule is C=C(C)NCCCCCCC1CC(N)C(CN)C1.CC.CC(C)CCCC(C)C1(C)CCC2(C)C3CC=C4CC(C)CCC4(C)C3CCC12C. The van der Waals surface area contributed by atoms with Gasteiger partial charge in [0.05, 0.1) is 0 Å². The van der Waals surface area contributed by atoms with Gasteiger partial charge in [0.15, 0.2) is 0 Å². The van der Waals surface area contributed by atoms with Crippen LogP contribution >= 0.6 is 0 Å². The van der Waals surface area contributed by atoms with Crippen LogP contribution in [0, 0.1) is 63.1 Å². The minimum Gasteiger partial charge on any atom is -0.389 e. The molecule has 4 fully saturated rings. The van der Waals surface area contributed by atoms with E-state index in [4.69, 9.17) is 11.5 Å². The summed E-state index contributed by atoms with van der Waals surface area (Å²) in [4.78, 5) is 0. The average Bonchev–Trinajstić information content (AvgIpc) is 3.55. The molecule has 3 nitrogen and oxygen atoms in total. The predicted octanol–water partition coefficient (Wildman–Crippen LogP) is 12.8. The van der Waals surface area contributed by atoms with Crippen molar-refractivity contribution in [1.82, 2.24) is 5.32 Å². The van der Waals surface area contributed by atoms with Gasteiger partial charge in [0.2, 0.25) is 0 Å². The number of hydrogen-bond donors (Lipinski definition) is 3. The van der Waals surface area contributed by atoms with Gasteiger partial charge in [-0.3, -0.25) is 0 Å². The molecule has 0 aromatic rings. The lowest BCUT2D eigenvalue weighted by atomic mass is 9.40. The van der Waals surface area contributed by atoms with Gasteiger partial charge in [-0.25, -0.2) is 0 Å². The molecule has 0 amide bonds. The van der Waals surface area contributed by atoms with E-state index in [0.717, 1.165) is 54.3 Å². The van der Waals surface area contributed by atoms with Crippen molar-refractivity contribution in [3.63, 3.8) is 0 Å². The summed E-state index contributed by atoms with van der Waals surface area (Å²) in [6.07, 6.45) is 27.7. The molecule has 0 spiro atoms. The summed E-state index contributed by atoms with van der Waals surface area (Å²) in [5.41, 5.74) is 16.8. The molecule has 0 aromatic heterocycles. The van der Waals surface area contributed by atoms with Crippen LogP contribution in [-0.2, 0) is 0 Å². The summed E-state index contributed by atoms with van der Waals surface area (Å²) in [6, 6.07) is 0.361. The van der Waals surface area contributed by atoms with Crippen molar-refractivity contribution >= 4 is 0 Å². The number of nitrogens with one attached hydrogen (secondary N) is 1. The van der Waals surface area contributed by atoms with Gasteiger partial charge in [-0.1, -0.05) is 132 Å². The number of rotatable bonds is 14. The second kappa shape index (κ2) is 19.0. The quantitative estimate of drug-likeness (QED) is 0.125. The molecule has 5 aliphatic rings. The van der Waals surface area contributed by atoms with Gasteiger partial charge >= 0.3 is 0 Å². The lowest BCUT2D eigenvalue weighted by molar-refractivity contribution is -0.139. The van der Waals surface area contributed by atoms with Crippen molar-refractivity contribution in [1.29, 1.82) is 0 Å². The van der Waals surface area contributed by atoms with Crippen molar-refractivity contribution in [3.8, 4) is 0 Å². The van der Waals surface area contributed by atoms with Gasteiger partial charge < -0.3 is 16.8 Å². The molecule has 5 aliphatic carbocycles. The fourth-order valence-corrected chi connectivity index (χ4v) is 12.5. The molecule has 0 saturated heterocycles. The molecule has 3 heteroatoms. The first-order valence-corrected chi connectivity index (χ1v) is 22.2. The molecule has 0 aliphatic heterocycles. The van der Waals surface area contributed by atoms with Crippen LogP contribution < -0.4 is 16.8 Å². The summed E-state index contributed by atoms with van der Waals surface area (Å²) in [6.45, 7) is 32.4. The summed E-state index contributed by atoms with van der Waals surface area (Å²) in [5, 5.41) is 3.27. The summed E-state index contributed by atoms with van der Waals surface area (Å²) in [7, 11) is 0. The Kier molecular flexibility index (Phi) is 16.6. The van der Waals surface area contributed by atoms with E-state index in [2.05, 4.69) is 73.4 Å². The molecule has 292 valence electrons. The number of allylic oxidation sites excluding steroid dienone is 3. The van der Waals surface area contributed by atoms with Crippen molar-refractivity contribution < 1.29 is 0 Å². The molecule has 11 atom stereocenters. The summed E-state index contributed by atoms with van der Waals surface area (Å²) < 4.78 is 0. The Morgan fingerprint density at radius 1 is 0.900 bits per heavy atom. The second-order valence-corrected chi connectivity index (χ2v) is 19.8. The lowest BCUT2D eigenvalue weighted by Crippen LogP contribution is -2.57. The maximum absolute atomic E-state index is 6.08. The highest BCUT2D eigenvalue weighted by Gasteiger charge is 2.68. The first-order valence-electron chi connectivity index (χ1n) is 22.2. The fraction of sp³-hybridized carbons (Fsp3) is 0.915. The fourth-order valence-electron chi connectivity index (χ4n) is 12.5. The molecule has 50 heavy (non-hydrogen) atoms. The first-order chi connectivity index (χ1) is 23.6. The minimum absolute atomic E-state index is 0.361. The monoisotopic (exact) mass is 696 g/mol. The van der Waals surface area contributed by atoms with E-state index in [1.807, 2.05) is 26.3 Å². The Labute approximate surface area is 313 Å². The third-order valence-corrected chi connectivity index (χ3v) is 16.5. The van der Waals surface area contributed by atoms with E-state index in [-0.39, 0.29) is 0 Å². The molecule has 5 rings (SSSR count). The number of hydrogen-bond acceptors (Lipinski definition) is 3. The van der Waals surface area contributed by atoms with Crippen LogP contribution in [0.1, 0.15) is 192 Å². The maximum Gasteiger partial charge on any atom is 0.0143 e. The van der Waals surface area contributed by atoms with Crippen LogP contribution in [-0.4, -0.2) is 19.1 Å². The standard InChI is InChI=1S/C30H52.C15H31N3.C2H6/c1-21(2)10-9-11-23(4)28(6)18-19-29(7)26-13-12-24-20-22(3)14-16-27(24,5)25(26)15-17-30(28,29)8;1-12(2)18-8-6-4-3-5-7-13-9-14(11-16)15(17)10-13;1-2/h12,21-23,25-26H,9-11,13-20H2,1-8H3;13-15,18H,1,3-11,16-17H2,2H3;1-2H3. The molecule has 0 aromatic carbocycles. The van der Waals surface area contributed by atoms with Crippen LogP contribution in [0.4, 0.5) is 0 Å². The van der Waals surface area contributed by atoms with Gasteiger partial charge in [0.25, 0.3) is 0 Å². The number of unbranched alkanes of at least 4 members (excludes halogenated alkanes) is 3. The van der Waals surface area contributed by atoms with E-state index in [1.54, 1.807) is 0 Å². The zero-order valence-corrected chi connectivity index (χ0v) is 35.7. The molecule has 0 bridgehead atoms. The molecule has 0 radical (unpaired) electrons. The zero-order chi connectivity index (χ0) is 37.3. The highest BCUT2D eigenvalue weighted by atomic mass is 14.9. The Morgan fingerprint density at radius 3 is 2.24 bits per heavy atom. The maximum atomic E-state index is 6.08. The van der Waals surface area contributed by atoms with Gasteiger partial charge in [-0.05, 0) is 147 Å². The van der Waals surface area contributed by atoms with E-state index in [0.29, 0.717) is 33.6 Å². The highest BCUT2D eigenvalue weighted by Crippen LogP contribution is 2.76. The van der Waals surface area contributed by atoms with Crippen molar-refractivity contribution in [2.45, 2.75) is 198 Å². The van der Waals surface area contributed by atoms with Crippen LogP contribution in [0.25, 0.3) is 0 Å². The Bertz CT molecular complexity index is 1060. The topological polar surface area (TPSA) is 64.1 Å². The third-order valence-electron chi connectivity index (χ3n) is 16.5. The van der Waals surface area contributed by atoms with Crippen molar-refractivity contribution in [3.05, 3.63) is 23.9 Å². The van der Waals surface area contributed by atoms with E-state index in [9.17, 15) is 0 Å². The summed E-state index contributed by atoms with van der Waals surface area (Å²) in [5.74, 6) is 5.90. The Hall–Kier alpha value is -0.800. The number of nitrogens with two attached hydrogens (primary N) is 2.